The number of ether oxygens (including phenoxy) is 1. The SMILES string of the molecule is CC(=O)N1CCN(Cc2cnc(-c3ccc(C(CC4CCOCC4)c4ccc(S(=O)(=O)C5CC5)cc4)[nH]3)s2)CC1.Cl. The zero-order valence-corrected chi connectivity index (χ0v) is 25.9. The lowest BCUT2D eigenvalue weighted by atomic mass is 9.83. The van der Waals surface area contributed by atoms with Crippen molar-refractivity contribution in [3.8, 4) is 10.7 Å². The fraction of sp³-hybridized carbons (Fsp3) is 0.533. The van der Waals surface area contributed by atoms with Crippen molar-refractivity contribution in [1.29, 1.82) is 0 Å². The second kappa shape index (κ2) is 13.0. The average Bonchev–Trinajstić information content (AvgIpc) is 3.56. The molecule has 1 unspecified atom stereocenters. The predicted molar refractivity (Wildman–Crippen MR) is 163 cm³/mol. The fourth-order valence-electron chi connectivity index (χ4n) is 5.91. The third-order valence-electron chi connectivity index (χ3n) is 8.55. The maximum atomic E-state index is 12.7. The molecule has 41 heavy (non-hydrogen) atoms. The van der Waals surface area contributed by atoms with E-state index in [0.29, 0.717) is 10.8 Å². The monoisotopic (exact) mass is 618 g/mol. The fourth-order valence-corrected chi connectivity index (χ4v) is 8.50. The second-order valence-corrected chi connectivity index (χ2v) is 14.7. The lowest BCUT2D eigenvalue weighted by Crippen LogP contribution is -2.47. The van der Waals surface area contributed by atoms with Crippen LogP contribution in [0.4, 0.5) is 0 Å². The summed E-state index contributed by atoms with van der Waals surface area (Å²) in [5.74, 6) is 0.860. The number of nitrogens with zero attached hydrogens (tertiary/aromatic N) is 3. The number of aromatic nitrogens is 2. The van der Waals surface area contributed by atoms with Crippen LogP contribution in [0.15, 0.2) is 47.5 Å². The van der Waals surface area contributed by atoms with Crippen molar-refractivity contribution in [2.75, 3.05) is 39.4 Å². The van der Waals surface area contributed by atoms with Gasteiger partial charge in [-0.3, -0.25) is 9.69 Å². The molecule has 0 spiro atoms. The molecule has 1 amide bonds. The third-order valence-corrected chi connectivity index (χ3v) is 11.8. The van der Waals surface area contributed by atoms with Gasteiger partial charge in [-0.25, -0.2) is 13.4 Å². The van der Waals surface area contributed by atoms with Crippen LogP contribution in [0.1, 0.15) is 61.1 Å². The third kappa shape index (κ3) is 7.05. The number of thiazole rings is 1. The number of amides is 1. The van der Waals surface area contributed by atoms with Gasteiger partial charge in [0.2, 0.25) is 5.91 Å². The lowest BCUT2D eigenvalue weighted by molar-refractivity contribution is -0.130. The first kappa shape index (κ1) is 30.2. The van der Waals surface area contributed by atoms with Crippen LogP contribution in [-0.4, -0.2) is 78.7 Å². The maximum Gasteiger partial charge on any atom is 0.219 e. The Morgan fingerprint density at radius 1 is 1.05 bits per heavy atom. The van der Waals surface area contributed by atoms with Gasteiger partial charge in [-0.05, 0) is 67.9 Å². The number of halogens is 1. The van der Waals surface area contributed by atoms with Crippen LogP contribution >= 0.6 is 23.7 Å². The summed E-state index contributed by atoms with van der Waals surface area (Å²) in [4.78, 5) is 26.0. The Morgan fingerprint density at radius 2 is 1.76 bits per heavy atom. The number of rotatable bonds is 9. The predicted octanol–water partition coefficient (Wildman–Crippen LogP) is 5.11. The molecule has 222 valence electrons. The van der Waals surface area contributed by atoms with E-state index in [0.717, 1.165) is 100 Å². The smallest absolute Gasteiger partial charge is 0.219 e. The first-order valence-electron chi connectivity index (χ1n) is 14.4. The van der Waals surface area contributed by atoms with Crippen molar-refractivity contribution in [3.63, 3.8) is 0 Å². The summed E-state index contributed by atoms with van der Waals surface area (Å²) >= 11 is 1.71. The van der Waals surface area contributed by atoms with Gasteiger partial charge in [0.15, 0.2) is 9.84 Å². The Morgan fingerprint density at radius 3 is 2.41 bits per heavy atom. The minimum Gasteiger partial charge on any atom is -0.381 e. The molecule has 8 nitrogen and oxygen atoms in total. The number of carbonyl (C=O) groups excluding carboxylic acids is 1. The highest BCUT2D eigenvalue weighted by atomic mass is 35.5. The molecular weight excluding hydrogens is 580 g/mol. The summed E-state index contributed by atoms with van der Waals surface area (Å²) in [6.45, 7) is 7.42. The summed E-state index contributed by atoms with van der Waals surface area (Å²) in [6.07, 6.45) is 6.61. The Hall–Kier alpha value is -2.24. The molecule has 11 heteroatoms. The highest BCUT2D eigenvalue weighted by molar-refractivity contribution is 7.92. The van der Waals surface area contributed by atoms with Gasteiger partial charge in [-0.15, -0.1) is 23.7 Å². The highest BCUT2D eigenvalue weighted by Gasteiger charge is 2.37. The van der Waals surface area contributed by atoms with Crippen molar-refractivity contribution in [1.82, 2.24) is 19.8 Å². The molecule has 0 bridgehead atoms. The van der Waals surface area contributed by atoms with E-state index in [9.17, 15) is 13.2 Å². The molecule has 3 aromatic rings. The van der Waals surface area contributed by atoms with Crippen LogP contribution < -0.4 is 0 Å². The van der Waals surface area contributed by atoms with Gasteiger partial charge in [-0.1, -0.05) is 12.1 Å². The topological polar surface area (TPSA) is 95.6 Å². The number of aromatic amines is 1. The van der Waals surface area contributed by atoms with E-state index in [4.69, 9.17) is 9.72 Å². The molecular formula is C30H39ClN4O4S2. The largest absolute Gasteiger partial charge is 0.381 e. The standard InChI is InChI=1S/C30H38N4O4S2.ClH/c1-21(35)34-14-12-33(13-15-34)20-24-19-31-30(39-24)29-9-8-28(32-29)27(18-22-10-16-38-17-11-22)23-2-4-25(5-3-23)40(36,37)26-6-7-26;/h2-5,8-9,19,22,26-27,32H,6-7,10-18,20H2,1H3;1H. The van der Waals surface area contributed by atoms with E-state index in [-0.39, 0.29) is 29.5 Å². The Kier molecular flexibility index (Phi) is 9.55. The summed E-state index contributed by atoms with van der Waals surface area (Å²) < 4.78 is 31.1. The maximum absolute atomic E-state index is 12.7. The van der Waals surface area contributed by atoms with Crippen molar-refractivity contribution in [3.05, 3.63) is 58.7 Å². The Balaban J connectivity index is 0.00000337. The number of nitrogens with one attached hydrogen (secondary N) is 1. The number of hydrogen-bond acceptors (Lipinski definition) is 7. The molecule has 1 aromatic carbocycles. The zero-order chi connectivity index (χ0) is 27.7. The molecule has 4 heterocycles. The first-order valence-corrected chi connectivity index (χ1v) is 16.8. The molecule has 2 saturated heterocycles. The van der Waals surface area contributed by atoms with Crippen molar-refractivity contribution in [2.24, 2.45) is 5.92 Å². The van der Waals surface area contributed by atoms with Gasteiger partial charge in [0.25, 0.3) is 0 Å². The lowest BCUT2D eigenvalue weighted by Gasteiger charge is -2.33. The number of piperazine rings is 1. The van der Waals surface area contributed by atoms with Gasteiger partial charge < -0.3 is 14.6 Å². The molecule has 2 aliphatic heterocycles. The minimum absolute atomic E-state index is 0. The van der Waals surface area contributed by atoms with Crippen LogP contribution in [0, 0.1) is 5.92 Å². The van der Waals surface area contributed by atoms with Gasteiger partial charge in [0, 0.05) is 75.5 Å². The van der Waals surface area contributed by atoms with Crippen LogP contribution in [0.5, 0.6) is 0 Å². The zero-order valence-electron chi connectivity index (χ0n) is 23.5. The summed E-state index contributed by atoms with van der Waals surface area (Å²) in [5.41, 5.74) is 3.29. The number of H-pyrrole nitrogens is 1. The van der Waals surface area contributed by atoms with Gasteiger partial charge in [0.05, 0.1) is 15.8 Å². The van der Waals surface area contributed by atoms with E-state index in [2.05, 4.69) is 22.0 Å². The van der Waals surface area contributed by atoms with E-state index in [1.54, 1.807) is 30.4 Å². The summed E-state index contributed by atoms with van der Waals surface area (Å²) in [7, 11) is -3.20. The molecule has 0 radical (unpaired) electrons. The van der Waals surface area contributed by atoms with Crippen LogP contribution in [0.2, 0.25) is 0 Å². The molecule has 1 saturated carbocycles. The highest BCUT2D eigenvalue weighted by Crippen LogP contribution is 2.38. The molecule has 1 atom stereocenters. The van der Waals surface area contributed by atoms with Crippen LogP contribution in [0.3, 0.4) is 0 Å². The van der Waals surface area contributed by atoms with Gasteiger partial charge >= 0.3 is 0 Å². The molecule has 1 aliphatic carbocycles. The van der Waals surface area contributed by atoms with Crippen LogP contribution in [-0.2, 0) is 25.9 Å². The molecule has 2 aromatic heterocycles. The van der Waals surface area contributed by atoms with Crippen molar-refractivity contribution in [2.45, 2.75) is 61.6 Å². The first-order chi connectivity index (χ1) is 19.4. The number of benzene rings is 1. The average molecular weight is 619 g/mol. The van der Waals surface area contributed by atoms with E-state index >= 15 is 0 Å². The Labute approximate surface area is 252 Å². The van der Waals surface area contributed by atoms with E-state index < -0.39 is 9.84 Å². The quantitative estimate of drug-likeness (QED) is 0.358. The normalized spacial score (nSPS) is 19.6. The molecule has 3 aliphatic rings. The Bertz CT molecular complexity index is 1420. The molecule has 1 N–H and O–H groups in total. The summed E-state index contributed by atoms with van der Waals surface area (Å²) in [6, 6.07) is 11.9. The van der Waals surface area contributed by atoms with E-state index in [1.807, 2.05) is 23.2 Å². The van der Waals surface area contributed by atoms with Crippen LogP contribution in [0.25, 0.3) is 10.7 Å². The van der Waals surface area contributed by atoms with Gasteiger partial charge in [0.1, 0.15) is 5.01 Å². The number of carbonyl (C=O) groups is 1. The van der Waals surface area contributed by atoms with Crippen molar-refractivity contribution < 1.29 is 17.9 Å². The molecule has 3 fully saturated rings. The second-order valence-electron chi connectivity index (χ2n) is 11.4. The number of hydrogen-bond donors (Lipinski definition) is 1. The summed E-state index contributed by atoms with van der Waals surface area (Å²) in [5, 5.41) is 0.773. The minimum atomic E-state index is -3.20. The molecule has 6 rings (SSSR count). The number of sulfone groups is 1. The van der Waals surface area contributed by atoms with E-state index in [1.165, 1.54) is 4.88 Å². The van der Waals surface area contributed by atoms with Crippen molar-refractivity contribution >= 4 is 39.5 Å². The van der Waals surface area contributed by atoms with Gasteiger partial charge in [-0.2, -0.15) is 0 Å².